The molecule has 0 aliphatic heterocycles. The van der Waals surface area contributed by atoms with E-state index in [4.69, 9.17) is 0 Å². The number of nitrogens with one attached hydrogen (secondary N) is 1. The summed E-state index contributed by atoms with van der Waals surface area (Å²) < 4.78 is 52.5. The van der Waals surface area contributed by atoms with E-state index in [0.717, 1.165) is 24.0 Å². The lowest BCUT2D eigenvalue weighted by molar-refractivity contribution is -0.140. The second-order valence-corrected chi connectivity index (χ2v) is 9.10. The second-order valence-electron chi connectivity index (χ2n) is 7.19. The van der Waals surface area contributed by atoms with E-state index in [1.54, 1.807) is 38.1 Å². The van der Waals surface area contributed by atoms with Gasteiger partial charge in [0.2, 0.25) is 21.8 Å². The maximum Gasteiger partial charge on any atom is 0.244 e. The first-order valence-corrected chi connectivity index (χ1v) is 12.0. The molecule has 0 saturated carbocycles. The van der Waals surface area contributed by atoms with E-state index in [1.165, 1.54) is 4.90 Å². The van der Waals surface area contributed by atoms with Gasteiger partial charge in [-0.1, -0.05) is 37.3 Å². The van der Waals surface area contributed by atoms with E-state index in [2.05, 4.69) is 5.32 Å². The Bertz CT molecular complexity index is 1050. The lowest BCUT2D eigenvalue weighted by Crippen LogP contribution is -2.52. The Labute approximate surface area is 187 Å². The number of anilines is 1. The molecule has 0 fully saturated rings. The summed E-state index contributed by atoms with van der Waals surface area (Å²) in [4.78, 5) is 27.2. The molecular formula is C22H27F2N3O4S. The topological polar surface area (TPSA) is 86.8 Å². The molecule has 2 rings (SSSR count). The Balaban J connectivity index is 2.42. The quantitative estimate of drug-likeness (QED) is 0.582. The number of hydrogen-bond acceptors (Lipinski definition) is 4. The molecule has 0 bridgehead atoms. The predicted molar refractivity (Wildman–Crippen MR) is 118 cm³/mol. The van der Waals surface area contributed by atoms with Crippen LogP contribution in [-0.4, -0.2) is 50.5 Å². The minimum atomic E-state index is -4.02. The number of benzene rings is 2. The monoisotopic (exact) mass is 467 g/mol. The summed E-state index contributed by atoms with van der Waals surface area (Å²) in [6, 6.07) is 10.7. The highest BCUT2D eigenvalue weighted by Crippen LogP contribution is 2.22. The van der Waals surface area contributed by atoms with Crippen molar-refractivity contribution in [1.29, 1.82) is 0 Å². The van der Waals surface area contributed by atoms with E-state index < -0.39 is 40.2 Å². The van der Waals surface area contributed by atoms with Crippen molar-refractivity contribution in [3.05, 3.63) is 65.7 Å². The van der Waals surface area contributed by atoms with E-state index in [0.29, 0.717) is 23.3 Å². The van der Waals surface area contributed by atoms with Crippen molar-refractivity contribution in [2.45, 2.75) is 32.9 Å². The Morgan fingerprint density at radius 2 is 1.69 bits per heavy atom. The first-order valence-electron chi connectivity index (χ1n) is 10.1. The number of nitrogens with zero attached hydrogens (tertiary/aromatic N) is 2. The van der Waals surface area contributed by atoms with Crippen LogP contribution in [0.1, 0.15) is 25.8 Å². The van der Waals surface area contributed by atoms with Gasteiger partial charge < -0.3 is 10.2 Å². The molecule has 174 valence electrons. The zero-order valence-electron chi connectivity index (χ0n) is 18.2. The Hall–Kier alpha value is -3.01. The summed E-state index contributed by atoms with van der Waals surface area (Å²) in [7, 11) is -4.02. The number of rotatable bonds is 10. The third-order valence-corrected chi connectivity index (χ3v) is 5.94. The van der Waals surface area contributed by atoms with Gasteiger partial charge in [0, 0.05) is 19.2 Å². The van der Waals surface area contributed by atoms with Gasteiger partial charge >= 0.3 is 0 Å². The largest absolute Gasteiger partial charge is 0.355 e. The highest BCUT2D eigenvalue weighted by atomic mass is 32.2. The third-order valence-electron chi connectivity index (χ3n) is 4.80. The van der Waals surface area contributed by atoms with Crippen LogP contribution in [0.15, 0.2) is 48.5 Å². The van der Waals surface area contributed by atoms with Crippen molar-refractivity contribution >= 4 is 27.5 Å². The molecule has 2 aromatic carbocycles. The van der Waals surface area contributed by atoms with Crippen LogP contribution in [0.2, 0.25) is 0 Å². The molecule has 0 aliphatic carbocycles. The van der Waals surface area contributed by atoms with Crippen LogP contribution >= 0.6 is 0 Å². The van der Waals surface area contributed by atoms with E-state index in [1.807, 2.05) is 6.07 Å². The number of halogens is 2. The fourth-order valence-electron chi connectivity index (χ4n) is 3.25. The van der Waals surface area contributed by atoms with Crippen LogP contribution in [0.3, 0.4) is 0 Å². The second kappa shape index (κ2) is 11.0. The molecule has 0 unspecified atom stereocenters. The van der Waals surface area contributed by atoms with Gasteiger partial charge in [-0.25, -0.2) is 17.2 Å². The molecule has 0 radical (unpaired) electrons. The Kier molecular flexibility index (Phi) is 8.71. The van der Waals surface area contributed by atoms with Crippen molar-refractivity contribution in [3.63, 3.8) is 0 Å². The van der Waals surface area contributed by atoms with Gasteiger partial charge in [0.25, 0.3) is 0 Å². The fraction of sp³-hybridized carbons (Fsp3) is 0.364. The normalized spacial score (nSPS) is 12.2. The molecule has 0 saturated heterocycles. The van der Waals surface area contributed by atoms with Crippen molar-refractivity contribution in [3.8, 4) is 0 Å². The lowest BCUT2D eigenvalue weighted by atomic mass is 10.1. The summed E-state index contributed by atoms with van der Waals surface area (Å²) in [5.41, 5.74) is 0.563. The zero-order chi connectivity index (χ0) is 23.9. The van der Waals surface area contributed by atoms with Crippen molar-refractivity contribution < 1.29 is 26.8 Å². The average molecular weight is 468 g/mol. The molecule has 0 spiro atoms. The molecule has 1 atom stereocenters. The van der Waals surface area contributed by atoms with Crippen LogP contribution in [0.25, 0.3) is 0 Å². The molecule has 0 aliphatic rings. The number of amides is 2. The average Bonchev–Trinajstić information content (AvgIpc) is 2.74. The van der Waals surface area contributed by atoms with Gasteiger partial charge in [0.15, 0.2) is 11.6 Å². The van der Waals surface area contributed by atoms with Gasteiger partial charge in [0.05, 0.1) is 11.9 Å². The van der Waals surface area contributed by atoms with Crippen molar-refractivity contribution in [2.75, 3.05) is 23.7 Å². The maximum atomic E-state index is 13.7. The van der Waals surface area contributed by atoms with E-state index in [-0.39, 0.29) is 18.1 Å². The molecule has 2 amide bonds. The highest BCUT2D eigenvalue weighted by Gasteiger charge is 2.31. The first kappa shape index (κ1) is 25.3. The van der Waals surface area contributed by atoms with Crippen LogP contribution in [0.4, 0.5) is 14.5 Å². The SMILES string of the molecule is CCNC(=O)[C@@H](CC)N(Cc1ccccc1)C(=O)CN(c1ccc(F)c(F)c1)S(C)(=O)=O. The van der Waals surface area contributed by atoms with Crippen molar-refractivity contribution in [1.82, 2.24) is 10.2 Å². The van der Waals surface area contributed by atoms with Crippen LogP contribution < -0.4 is 9.62 Å². The lowest BCUT2D eigenvalue weighted by Gasteiger charge is -2.32. The molecule has 2 aromatic rings. The molecule has 7 nitrogen and oxygen atoms in total. The van der Waals surface area contributed by atoms with E-state index in [9.17, 15) is 26.8 Å². The molecule has 0 aromatic heterocycles. The summed E-state index contributed by atoms with van der Waals surface area (Å²) in [5.74, 6) is -3.39. The molecule has 10 heteroatoms. The summed E-state index contributed by atoms with van der Waals surface area (Å²) in [6.45, 7) is 3.27. The Morgan fingerprint density at radius 1 is 1.03 bits per heavy atom. The molecule has 0 heterocycles. The zero-order valence-corrected chi connectivity index (χ0v) is 19.0. The van der Waals surface area contributed by atoms with Crippen molar-refractivity contribution in [2.24, 2.45) is 0 Å². The number of hydrogen-bond donors (Lipinski definition) is 1. The maximum absolute atomic E-state index is 13.7. The number of likely N-dealkylation sites (N-methyl/N-ethyl adjacent to an activating group) is 1. The highest BCUT2D eigenvalue weighted by molar-refractivity contribution is 7.92. The van der Waals surface area contributed by atoms with Crippen LogP contribution in [0, 0.1) is 11.6 Å². The fourth-order valence-corrected chi connectivity index (χ4v) is 4.09. The van der Waals surface area contributed by atoms with Gasteiger partial charge in [-0.15, -0.1) is 0 Å². The van der Waals surface area contributed by atoms with Gasteiger partial charge in [0.1, 0.15) is 12.6 Å². The smallest absolute Gasteiger partial charge is 0.244 e. The minimum absolute atomic E-state index is 0.0741. The van der Waals surface area contributed by atoms with Crippen LogP contribution in [0.5, 0.6) is 0 Å². The van der Waals surface area contributed by atoms with E-state index >= 15 is 0 Å². The summed E-state index contributed by atoms with van der Waals surface area (Å²) >= 11 is 0. The molecular weight excluding hydrogens is 440 g/mol. The summed E-state index contributed by atoms with van der Waals surface area (Å²) in [6.07, 6.45) is 1.17. The predicted octanol–water partition coefficient (Wildman–Crippen LogP) is 2.67. The van der Waals surface area contributed by atoms with Gasteiger partial charge in [-0.05, 0) is 31.0 Å². The van der Waals surface area contributed by atoms with Gasteiger partial charge in [-0.2, -0.15) is 0 Å². The number of carbonyl (C=O) groups excluding carboxylic acids is 2. The minimum Gasteiger partial charge on any atom is -0.355 e. The Morgan fingerprint density at radius 3 is 2.22 bits per heavy atom. The summed E-state index contributed by atoms with van der Waals surface area (Å²) in [5, 5.41) is 2.69. The standard InChI is InChI=1S/C22H27F2N3O4S/c1-4-20(22(29)25-5-2)26(14-16-9-7-6-8-10-16)21(28)15-27(32(3,30)31)17-11-12-18(23)19(24)13-17/h6-13,20H,4-5,14-15H2,1-3H3,(H,25,29)/t20-/m1/s1. The van der Waals surface area contributed by atoms with Gasteiger partial charge in [-0.3, -0.25) is 13.9 Å². The molecule has 32 heavy (non-hydrogen) atoms. The first-order chi connectivity index (χ1) is 15.1. The molecule has 1 N–H and O–H groups in total. The van der Waals surface area contributed by atoms with Crippen LogP contribution in [-0.2, 0) is 26.2 Å². The number of sulfonamides is 1. The third kappa shape index (κ3) is 6.49. The number of carbonyl (C=O) groups is 2.